The SMILES string of the molecule is CCC(=O)OC[C@H]1C[N-][C@@H]2CCCC[C@H]2[N-]CC[N-][C@@H]2CCCC[C@H]2[N-]CC[N-]1.[Cl][Mn][Cl].[HH].[HH].[HH].[HH].[HH]. The predicted octanol–water partition coefficient (Wildman–Crippen LogP) is 7.42. The van der Waals surface area contributed by atoms with Crippen molar-refractivity contribution in [3.63, 3.8) is 0 Å². The molecule has 0 aromatic carbocycles. The number of nitrogens with zero attached hydrogens (tertiary/aromatic N) is 5. The van der Waals surface area contributed by atoms with Gasteiger partial charge in [-0.15, -0.1) is 6.04 Å². The fraction of sp³-hybridized carbons (Fsp3) is 0.955. The molecule has 0 radical (unpaired) electrons. The summed E-state index contributed by atoms with van der Waals surface area (Å²) in [6.07, 6.45) is 9.90. The van der Waals surface area contributed by atoms with E-state index in [1.807, 2.05) is 6.92 Å². The van der Waals surface area contributed by atoms with E-state index < -0.39 is 0 Å². The minimum atomic E-state index is -0.169. The van der Waals surface area contributed by atoms with Gasteiger partial charge in [0.15, 0.2) is 0 Å². The Labute approximate surface area is 216 Å². The van der Waals surface area contributed by atoms with E-state index in [-0.39, 0.29) is 38.3 Å². The van der Waals surface area contributed by atoms with Crippen molar-refractivity contribution < 1.29 is 29.8 Å². The first-order valence-electron chi connectivity index (χ1n) is 12.0. The van der Waals surface area contributed by atoms with Gasteiger partial charge in [-0.05, 0) is 0 Å². The standard InChI is InChI=1S/C22H38N5O2.2ClH.Mn.5H2/c1-2-22(28)29-16-17-15-27-21-10-6-5-9-20(21)26-14-13-25-19-8-4-3-7-18(19)24-12-11-23-17;;;;;;;;/h17-21H,2-16H2,1H3;2*1H;;5*1H/q-5;;;+2;;;;;/p-2/t17-,18-,19-,20-,21-;;;;;;;;/m1......../s1. The number of rotatable bonds is 3. The van der Waals surface area contributed by atoms with Gasteiger partial charge in [-0.2, -0.15) is 56.9 Å². The van der Waals surface area contributed by atoms with Gasteiger partial charge in [0.1, 0.15) is 0 Å². The number of carbonyl (C=O) groups excluding carboxylic acids is 1. The molecular weight excluding hydrogens is 492 g/mol. The van der Waals surface area contributed by atoms with E-state index in [2.05, 4.69) is 0 Å². The molecule has 2 saturated carbocycles. The fourth-order valence-electron chi connectivity index (χ4n) is 4.66. The molecule has 1 saturated heterocycles. The molecule has 0 N–H and O–H groups in total. The molecule has 0 bridgehead atoms. The Morgan fingerprint density at radius 3 is 1.66 bits per heavy atom. The van der Waals surface area contributed by atoms with Gasteiger partial charge >= 0.3 is 39.3 Å². The normalized spacial score (nSPS) is 32.7. The Morgan fingerprint density at radius 2 is 1.22 bits per heavy atom. The van der Waals surface area contributed by atoms with Crippen LogP contribution in [0.4, 0.5) is 0 Å². The maximum Gasteiger partial charge on any atom is 0 e. The molecule has 32 heavy (non-hydrogen) atoms. The van der Waals surface area contributed by atoms with Crippen molar-refractivity contribution in [1.29, 1.82) is 0 Å². The predicted molar refractivity (Wildman–Crippen MR) is 141 cm³/mol. The number of hydrogen-bond donors (Lipinski definition) is 0. The topological polar surface area (TPSA) is 96.8 Å². The quantitative estimate of drug-likeness (QED) is 0.275. The first-order valence-corrected chi connectivity index (χ1v) is 15.3. The minimum absolute atomic E-state index is 0. The van der Waals surface area contributed by atoms with Gasteiger partial charge in [0.2, 0.25) is 0 Å². The molecule has 3 aliphatic rings. The average Bonchev–Trinajstić information content (AvgIpc) is 2.82. The molecule has 0 aromatic heterocycles. The summed E-state index contributed by atoms with van der Waals surface area (Å²) >= 11 is 0.00694. The molecule has 1 aliphatic heterocycles. The molecule has 7 nitrogen and oxygen atoms in total. The molecular formula is C22H48Cl2MnN5O2-5. The van der Waals surface area contributed by atoms with Crippen LogP contribution in [0.3, 0.4) is 0 Å². The summed E-state index contributed by atoms with van der Waals surface area (Å²) in [5, 5.41) is 24.6. The molecule has 0 amide bonds. The van der Waals surface area contributed by atoms with Crippen molar-refractivity contribution in [2.24, 2.45) is 0 Å². The van der Waals surface area contributed by atoms with Gasteiger partial charge in [0.05, 0.1) is 6.61 Å². The third-order valence-corrected chi connectivity index (χ3v) is 6.34. The van der Waals surface area contributed by atoms with Crippen LogP contribution in [0.1, 0.15) is 71.8 Å². The van der Waals surface area contributed by atoms with Crippen LogP contribution in [0.15, 0.2) is 0 Å². The van der Waals surface area contributed by atoms with Crippen molar-refractivity contribution in [3.8, 4) is 0 Å². The van der Waals surface area contributed by atoms with Crippen LogP contribution in [0.5, 0.6) is 0 Å². The van der Waals surface area contributed by atoms with Crippen LogP contribution < -0.4 is 0 Å². The molecule has 199 valence electrons. The molecule has 0 aromatic rings. The van der Waals surface area contributed by atoms with Crippen LogP contribution in [-0.2, 0) is 22.7 Å². The first-order chi connectivity index (χ1) is 15.7. The number of ether oxygens (including phenoxy) is 1. The summed E-state index contributed by atoms with van der Waals surface area (Å²) in [4.78, 5) is 11.6. The second-order valence-electron chi connectivity index (χ2n) is 8.57. The van der Waals surface area contributed by atoms with Crippen LogP contribution in [0.25, 0.3) is 26.6 Å². The van der Waals surface area contributed by atoms with Gasteiger partial charge in [0.25, 0.3) is 0 Å². The number of halogens is 2. The summed E-state index contributed by atoms with van der Waals surface area (Å²) in [6, 6.07) is 1.22. The molecule has 5 atom stereocenters. The Kier molecular flexibility index (Phi) is 15.9. The summed E-state index contributed by atoms with van der Waals surface area (Å²) in [5.41, 5.74) is 0. The zero-order chi connectivity index (χ0) is 23.0. The van der Waals surface area contributed by atoms with Gasteiger partial charge < -0.3 is 31.3 Å². The molecule has 10 heteroatoms. The van der Waals surface area contributed by atoms with Gasteiger partial charge in [0, 0.05) is 13.6 Å². The summed E-state index contributed by atoms with van der Waals surface area (Å²) in [5.74, 6) is -0.169. The number of hydrogen-bond acceptors (Lipinski definition) is 2. The average molecular weight is 541 g/mol. The number of carbonyl (C=O) groups is 1. The van der Waals surface area contributed by atoms with Crippen LogP contribution in [-0.4, -0.2) is 75.5 Å². The zero-order valence-electron chi connectivity index (χ0n) is 19.2. The summed E-state index contributed by atoms with van der Waals surface area (Å²) in [7, 11) is 9.59. The molecule has 0 spiro atoms. The van der Waals surface area contributed by atoms with E-state index in [1.54, 1.807) is 0 Å². The maximum absolute atomic E-state index is 11.6. The largest absolute Gasteiger partial charge is 0 e. The van der Waals surface area contributed by atoms with Gasteiger partial charge in [-0.3, -0.25) is 4.79 Å². The molecule has 3 fully saturated rings. The summed E-state index contributed by atoms with van der Waals surface area (Å²) in [6.45, 7) is 5.79. The van der Waals surface area contributed by atoms with Crippen molar-refractivity contribution in [1.82, 2.24) is 0 Å². The van der Waals surface area contributed by atoms with E-state index >= 15 is 0 Å². The third kappa shape index (κ3) is 11.2. The van der Waals surface area contributed by atoms with E-state index in [1.165, 1.54) is 25.7 Å². The Bertz CT molecular complexity index is 530. The van der Waals surface area contributed by atoms with Crippen molar-refractivity contribution in [2.45, 2.75) is 94.9 Å². The van der Waals surface area contributed by atoms with E-state index in [4.69, 9.17) is 51.5 Å². The molecule has 3 rings (SSSR count). The molecule has 0 unspecified atom stereocenters. The fourth-order valence-corrected chi connectivity index (χ4v) is 4.66. The molecule has 1 heterocycles. The van der Waals surface area contributed by atoms with Crippen molar-refractivity contribution >= 4 is 26.2 Å². The van der Waals surface area contributed by atoms with Crippen LogP contribution in [0.2, 0.25) is 0 Å². The third-order valence-electron chi connectivity index (χ3n) is 6.34. The van der Waals surface area contributed by atoms with Crippen molar-refractivity contribution in [2.75, 3.05) is 39.3 Å². The molecule has 2 aliphatic carbocycles. The number of esters is 1. The van der Waals surface area contributed by atoms with Gasteiger partial charge in [-0.1, -0.05) is 58.3 Å². The summed E-state index contributed by atoms with van der Waals surface area (Å²) < 4.78 is 5.38. The monoisotopic (exact) mass is 539 g/mol. The van der Waals surface area contributed by atoms with Crippen molar-refractivity contribution in [3.05, 3.63) is 26.6 Å². The number of fused-ring (bicyclic) bond motifs is 2. The smallest absolute Gasteiger partial charge is 0 e. The zero-order valence-corrected chi connectivity index (χ0v) is 21.9. The van der Waals surface area contributed by atoms with E-state index in [9.17, 15) is 4.79 Å². The first kappa shape index (κ1) is 28.6. The van der Waals surface area contributed by atoms with Crippen LogP contribution >= 0.6 is 20.2 Å². The Balaban J connectivity index is -0.000000649. The minimum Gasteiger partial charge on any atom is 0 e. The second kappa shape index (κ2) is 17.8. The van der Waals surface area contributed by atoms with E-state index in [0.717, 1.165) is 45.3 Å². The van der Waals surface area contributed by atoms with E-state index in [0.29, 0.717) is 44.2 Å². The second-order valence-corrected chi connectivity index (χ2v) is 10.5. The van der Waals surface area contributed by atoms with Crippen LogP contribution in [0, 0.1) is 0 Å². The Hall–Kier alpha value is 0.369. The maximum atomic E-state index is 11.6. The Morgan fingerprint density at radius 1 is 0.812 bits per heavy atom. The van der Waals surface area contributed by atoms with Gasteiger partial charge in [-0.25, -0.2) is 0 Å².